The molecule has 0 spiro atoms. The first-order chi connectivity index (χ1) is 11.7. The average molecular weight is 322 g/mol. The Labute approximate surface area is 141 Å². The van der Waals surface area contributed by atoms with Gasteiger partial charge in [-0.25, -0.2) is 9.97 Å². The lowest BCUT2D eigenvalue weighted by molar-refractivity contribution is -0.0167. The third-order valence-electron chi connectivity index (χ3n) is 6.20. The number of aromatic nitrogens is 3. The number of nitrogens with zero attached hydrogens (tertiary/aromatic N) is 3. The Bertz CT molecular complexity index is 715. The molecule has 4 aliphatic carbocycles. The van der Waals surface area contributed by atoms with Crippen LogP contribution in [0.5, 0.6) is 0 Å². The van der Waals surface area contributed by atoms with Crippen molar-refractivity contribution in [3.8, 4) is 5.82 Å². The standard InChI is InChI=1S/C19H22N4O/c24-18(16-1-2-17(21-11-16)23-4-3-20-12-23)22-19-8-13-5-14(9-19)7-15(6-13)10-19/h1-4,11-15H,5-10H2,(H,22,24). The molecule has 2 aromatic heterocycles. The fourth-order valence-electron chi connectivity index (χ4n) is 5.64. The summed E-state index contributed by atoms with van der Waals surface area (Å²) in [5.74, 6) is 3.30. The van der Waals surface area contributed by atoms with Crippen LogP contribution in [0.15, 0.2) is 37.1 Å². The summed E-state index contributed by atoms with van der Waals surface area (Å²) < 4.78 is 1.83. The minimum absolute atomic E-state index is 0.0293. The Hall–Kier alpha value is -2.17. The summed E-state index contributed by atoms with van der Waals surface area (Å²) in [7, 11) is 0. The third-order valence-corrected chi connectivity index (χ3v) is 6.20. The second kappa shape index (κ2) is 5.16. The Morgan fingerprint density at radius 1 is 1.12 bits per heavy atom. The van der Waals surface area contributed by atoms with Crippen molar-refractivity contribution in [1.29, 1.82) is 0 Å². The van der Waals surface area contributed by atoms with Crippen LogP contribution >= 0.6 is 0 Å². The molecule has 4 saturated carbocycles. The van der Waals surface area contributed by atoms with Gasteiger partial charge < -0.3 is 5.32 Å². The number of hydrogen-bond donors (Lipinski definition) is 1. The summed E-state index contributed by atoms with van der Waals surface area (Å²) in [4.78, 5) is 21.2. The van der Waals surface area contributed by atoms with Crippen molar-refractivity contribution in [3.63, 3.8) is 0 Å². The van der Waals surface area contributed by atoms with Gasteiger partial charge in [-0.1, -0.05) is 0 Å². The second-order valence-electron chi connectivity index (χ2n) is 8.03. The van der Waals surface area contributed by atoms with Crippen molar-refractivity contribution < 1.29 is 4.79 Å². The lowest BCUT2D eigenvalue weighted by atomic mass is 9.53. The smallest absolute Gasteiger partial charge is 0.253 e. The zero-order valence-corrected chi connectivity index (χ0v) is 13.7. The van der Waals surface area contributed by atoms with E-state index >= 15 is 0 Å². The average Bonchev–Trinajstić information content (AvgIpc) is 3.07. The normalized spacial score (nSPS) is 33.6. The van der Waals surface area contributed by atoms with E-state index in [9.17, 15) is 4.79 Å². The maximum absolute atomic E-state index is 12.8. The Morgan fingerprint density at radius 3 is 2.38 bits per heavy atom. The molecule has 4 bridgehead atoms. The molecule has 0 aromatic carbocycles. The number of nitrogens with one attached hydrogen (secondary N) is 1. The van der Waals surface area contributed by atoms with E-state index < -0.39 is 0 Å². The van der Waals surface area contributed by atoms with Crippen LogP contribution in [-0.4, -0.2) is 26.0 Å². The number of pyridine rings is 1. The van der Waals surface area contributed by atoms with Crippen molar-refractivity contribution in [1.82, 2.24) is 19.9 Å². The molecule has 0 radical (unpaired) electrons. The van der Waals surface area contributed by atoms with E-state index in [0.717, 1.165) is 23.6 Å². The zero-order chi connectivity index (χ0) is 16.1. The van der Waals surface area contributed by atoms with E-state index in [2.05, 4.69) is 15.3 Å². The SMILES string of the molecule is O=C(NC12CC3CC(CC(C3)C1)C2)c1ccc(-n2ccnc2)nc1. The van der Waals surface area contributed by atoms with Gasteiger partial charge in [0, 0.05) is 24.1 Å². The Morgan fingerprint density at radius 2 is 1.83 bits per heavy atom. The highest BCUT2D eigenvalue weighted by atomic mass is 16.1. The van der Waals surface area contributed by atoms with Gasteiger partial charge in [-0.15, -0.1) is 0 Å². The lowest BCUT2D eigenvalue weighted by Crippen LogP contribution is -2.59. The fraction of sp³-hybridized carbons (Fsp3) is 0.526. The summed E-state index contributed by atoms with van der Waals surface area (Å²) in [6.45, 7) is 0. The first-order valence-electron chi connectivity index (χ1n) is 8.96. The summed E-state index contributed by atoms with van der Waals surface area (Å²) >= 11 is 0. The first kappa shape index (κ1) is 14.2. The van der Waals surface area contributed by atoms with Gasteiger partial charge in [-0.2, -0.15) is 0 Å². The largest absolute Gasteiger partial charge is 0.347 e. The number of rotatable bonds is 3. The highest BCUT2D eigenvalue weighted by Crippen LogP contribution is 2.55. The van der Waals surface area contributed by atoms with Gasteiger partial charge in [-0.05, 0) is 68.4 Å². The quantitative estimate of drug-likeness (QED) is 0.945. The lowest BCUT2D eigenvalue weighted by Gasteiger charge is -2.56. The monoisotopic (exact) mass is 322 g/mol. The molecule has 1 amide bonds. The van der Waals surface area contributed by atoms with Gasteiger partial charge in [0.25, 0.3) is 5.91 Å². The van der Waals surface area contributed by atoms with Crippen LogP contribution in [0.2, 0.25) is 0 Å². The van der Waals surface area contributed by atoms with E-state index in [-0.39, 0.29) is 11.4 Å². The molecule has 4 aliphatic rings. The van der Waals surface area contributed by atoms with Gasteiger partial charge in [0.2, 0.25) is 0 Å². The highest BCUT2D eigenvalue weighted by Gasteiger charge is 2.51. The predicted octanol–water partition coefficient (Wildman–Crippen LogP) is 2.97. The number of imidazole rings is 1. The van der Waals surface area contributed by atoms with Gasteiger partial charge in [0.05, 0.1) is 5.56 Å². The molecule has 2 heterocycles. The van der Waals surface area contributed by atoms with E-state index in [0.29, 0.717) is 5.56 Å². The molecule has 0 aliphatic heterocycles. The van der Waals surface area contributed by atoms with E-state index in [1.165, 1.54) is 38.5 Å². The third kappa shape index (κ3) is 2.34. The van der Waals surface area contributed by atoms with E-state index in [1.807, 2.05) is 22.9 Å². The van der Waals surface area contributed by atoms with Crippen molar-refractivity contribution in [2.45, 2.75) is 44.1 Å². The summed E-state index contributed by atoms with van der Waals surface area (Å²) in [6.07, 6.45) is 14.6. The van der Waals surface area contributed by atoms with Crippen molar-refractivity contribution in [2.24, 2.45) is 17.8 Å². The topological polar surface area (TPSA) is 59.8 Å². The van der Waals surface area contributed by atoms with Crippen molar-refractivity contribution in [2.75, 3.05) is 0 Å². The van der Waals surface area contributed by atoms with Crippen LogP contribution in [-0.2, 0) is 0 Å². The van der Waals surface area contributed by atoms with Crippen molar-refractivity contribution >= 4 is 5.91 Å². The van der Waals surface area contributed by atoms with Crippen LogP contribution < -0.4 is 5.32 Å². The summed E-state index contributed by atoms with van der Waals surface area (Å²) in [6, 6.07) is 3.73. The van der Waals surface area contributed by atoms with Gasteiger partial charge >= 0.3 is 0 Å². The van der Waals surface area contributed by atoms with Crippen LogP contribution in [0.3, 0.4) is 0 Å². The first-order valence-corrected chi connectivity index (χ1v) is 8.96. The van der Waals surface area contributed by atoms with E-state index in [4.69, 9.17) is 0 Å². The Kier molecular flexibility index (Phi) is 3.05. The molecular formula is C19H22N4O. The number of hydrogen-bond acceptors (Lipinski definition) is 3. The molecule has 4 fully saturated rings. The highest BCUT2D eigenvalue weighted by molar-refractivity contribution is 5.94. The second-order valence-corrected chi connectivity index (χ2v) is 8.03. The molecule has 0 saturated heterocycles. The fourth-order valence-corrected chi connectivity index (χ4v) is 5.64. The maximum atomic E-state index is 12.8. The number of carbonyl (C=O) groups is 1. The molecule has 124 valence electrons. The van der Waals surface area contributed by atoms with Gasteiger partial charge in [0.15, 0.2) is 0 Å². The molecule has 6 rings (SSSR count). The maximum Gasteiger partial charge on any atom is 0.253 e. The molecule has 5 heteroatoms. The number of carbonyl (C=O) groups excluding carboxylic acids is 1. The molecule has 1 N–H and O–H groups in total. The minimum atomic E-state index is 0.0293. The Balaban J connectivity index is 1.34. The zero-order valence-electron chi connectivity index (χ0n) is 13.7. The van der Waals surface area contributed by atoms with Crippen LogP contribution in [0, 0.1) is 17.8 Å². The minimum Gasteiger partial charge on any atom is -0.347 e. The molecule has 24 heavy (non-hydrogen) atoms. The van der Waals surface area contributed by atoms with E-state index in [1.54, 1.807) is 18.7 Å². The van der Waals surface area contributed by atoms with Crippen LogP contribution in [0.1, 0.15) is 48.9 Å². The molecular weight excluding hydrogens is 300 g/mol. The van der Waals surface area contributed by atoms with Gasteiger partial charge in [-0.3, -0.25) is 9.36 Å². The summed E-state index contributed by atoms with van der Waals surface area (Å²) in [5.41, 5.74) is 0.698. The molecule has 0 unspecified atom stereocenters. The van der Waals surface area contributed by atoms with Crippen molar-refractivity contribution in [3.05, 3.63) is 42.6 Å². The molecule has 5 nitrogen and oxygen atoms in total. The van der Waals surface area contributed by atoms with Crippen LogP contribution in [0.25, 0.3) is 5.82 Å². The molecule has 0 atom stereocenters. The molecule has 2 aromatic rings. The predicted molar refractivity (Wildman–Crippen MR) is 89.7 cm³/mol. The van der Waals surface area contributed by atoms with Gasteiger partial charge in [0.1, 0.15) is 12.1 Å². The van der Waals surface area contributed by atoms with Crippen LogP contribution in [0.4, 0.5) is 0 Å². The summed E-state index contributed by atoms with van der Waals surface area (Å²) in [5, 5.41) is 3.40. The number of amides is 1.